The lowest BCUT2D eigenvalue weighted by molar-refractivity contribution is -0.167. The summed E-state index contributed by atoms with van der Waals surface area (Å²) in [6.45, 7) is 6.71. The van der Waals surface area contributed by atoms with Crippen molar-refractivity contribution in [1.29, 1.82) is 0 Å². The molecule has 0 spiro atoms. The molecule has 6 nitrogen and oxygen atoms in total. The zero-order chi connectivity index (χ0) is 57.1. The number of hydrogen-bond acceptors (Lipinski definition) is 6. The average Bonchev–Trinajstić information content (AvgIpc) is 3.45. The van der Waals surface area contributed by atoms with Gasteiger partial charge in [-0.1, -0.05) is 360 Å². The average molecular weight is 1110 g/mol. The normalized spacial score (nSPS) is 12.1. The fourth-order valence-corrected chi connectivity index (χ4v) is 11.1. The molecule has 0 bridgehead atoms. The first-order valence-electron chi connectivity index (χ1n) is 35.8. The van der Waals surface area contributed by atoms with Crippen LogP contribution >= 0.6 is 0 Å². The molecule has 0 fully saturated rings. The molecule has 0 aliphatic heterocycles. The molecule has 0 aromatic carbocycles. The third-order valence-corrected chi connectivity index (χ3v) is 16.5. The molecule has 0 aromatic rings. The molecule has 1 unspecified atom stereocenters. The van der Waals surface area contributed by atoms with Crippen LogP contribution in [0.3, 0.4) is 0 Å². The molecule has 6 heteroatoms. The Hall–Kier alpha value is -2.11. The van der Waals surface area contributed by atoms with E-state index in [2.05, 4.69) is 45.1 Å². The second-order valence-electron chi connectivity index (χ2n) is 24.5. The van der Waals surface area contributed by atoms with E-state index < -0.39 is 6.10 Å². The maximum Gasteiger partial charge on any atom is 0.306 e. The minimum Gasteiger partial charge on any atom is -0.462 e. The van der Waals surface area contributed by atoms with Gasteiger partial charge in [0.25, 0.3) is 0 Å². The molecule has 0 N–H and O–H groups in total. The van der Waals surface area contributed by atoms with Gasteiger partial charge in [-0.05, 0) is 51.4 Å². The van der Waals surface area contributed by atoms with Crippen LogP contribution in [0.1, 0.15) is 406 Å². The van der Waals surface area contributed by atoms with E-state index in [0.717, 1.165) is 64.2 Å². The van der Waals surface area contributed by atoms with Gasteiger partial charge in [-0.3, -0.25) is 14.4 Å². The zero-order valence-corrected chi connectivity index (χ0v) is 53.7. The summed E-state index contributed by atoms with van der Waals surface area (Å²) >= 11 is 0. The van der Waals surface area contributed by atoms with Crippen LogP contribution in [0, 0.1) is 0 Å². The fourth-order valence-electron chi connectivity index (χ4n) is 11.1. The van der Waals surface area contributed by atoms with Crippen LogP contribution < -0.4 is 0 Å². The minimum absolute atomic E-state index is 0.0662. The van der Waals surface area contributed by atoms with Crippen molar-refractivity contribution in [2.24, 2.45) is 0 Å². The summed E-state index contributed by atoms with van der Waals surface area (Å²) in [6, 6.07) is 0. The summed E-state index contributed by atoms with van der Waals surface area (Å²) in [5.41, 5.74) is 0. The van der Waals surface area contributed by atoms with Crippen LogP contribution in [0.5, 0.6) is 0 Å². The van der Waals surface area contributed by atoms with Crippen molar-refractivity contribution in [2.45, 2.75) is 412 Å². The highest BCUT2D eigenvalue weighted by Crippen LogP contribution is 2.19. The van der Waals surface area contributed by atoms with Crippen LogP contribution in [0.4, 0.5) is 0 Å². The predicted molar refractivity (Wildman–Crippen MR) is 344 cm³/mol. The lowest BCUT2D eigenvalue weighted by Crippen LogP contribution is -2.30. The van der Waals surface area contributed by atoms with E-state index in [9.17, 15) is 14.4 Å². The molecule has 0 rings (SSSR count). The first-order valence-corrected chi connectivity index (χ1v) is 35.8. The monoisotopic (exact) mass is 1110 g/mol. The van der Waals surface area contributed by atoms with Gasteiger partial charge in [-0.15, -0.1) is 0 Å². The van der Waals surface area contributed by atoms with Gasteiger partial charge >= 0.3 is 17.9 Å². The van der Waals surface area contributed by atoms with Crippen LogP contribution in [0.25, 0.3) is 0 Å². The minimum atomic E-state index is -0.771. The Bertz CT molecular complexity index is 1270. The summed E-state index contributed by atoms with van der Waals surface area (Å²) in [7, 11) is 0. The molecule has 79 heavy (non-hydrogen) atoms. The topological polar surface area (TPSA) is 78.9 Å². The molecule has 0 aliphatic rings. The van der Waals surface area contributed by atoms with Crippen molar-refractivity contribution >= 4 is 17.9 Å². The highest BCUT2D eigenvalue weighted by molar-refractivity contribution is 5.71. The molecular formula is C73H138O6. The number of allylic oxidation sites excluding steroid dienone is 4. The van der Waals surface area contributed by atoms with Crippen molar-refractivity contribution in [3.63, 3.8) is 0 Å². The van der Waals surface area contributed by atoms with Gasteiger partial charge in [0.1, 0.15) is 13.2 Å². The van der Waals surface area contributed by atoms with E-state index in [0.29, 0.717) is 19.3 Å². The van der Waals surface area contributed by atoms with Gasteiger partial charge in [0.15, 0.2) is 6.10 Å². The van der Waals surface area contributed by atoms with Gasteiger partial charge in [0.2, 0.25) is 0 Å². The Balaban J connectivity index is 4.28. The highest BCUT2D eigenvalue weighted by Gasteiger charge is 2.19. The summed E-state index contributed by atoms with van der Waals surface area (Å²) in [5, 5.41) is 0. The number of hydrogen-bond donors (Lipinski definition) is 0. The number of carbonyl (C=O) groups excluding carboxylic acids is 3. The third-order valence-electron chi connectivity index (χ3n) is 16.5. The van der Waals surface area contributed by atoms with Crippen molar-refractivity contribution < 1.29 is 28.6 Å². The summed E-state index contributed by atoms with van der Waals surface area (Å²) in [5.74, 6) is -0.835. The molecule has 0 heterocycles. The summed E-state index contributed by atoms with van der Waals surface area (Å²) < 4.78 is 17.0. The SMILES string of the molecule is CCCCC/C=C\C/C=C\CCCCCCCCCCCC(=O)OC(COC(=O)CCCCCCCCCCCCCCCCCCCCC)COC(=O)CCCCCCCCCCCCCCCCCCCCCCCCC. The summed E-state index contributed by atoms with van der Waals surface area (Å²) in [4.78, 5) is 38.5. The second kappa shape index (κ2) is 68.4. The highest BCUT2D eigenvalue weighted by atomic mass is 16.6. The van der Waals surface area contributed by atoms with Gasteiger partial charge < -0.3 is 14.2 Å². The van der Waals surface area contributed by atoms with E-state index in [4.69, 9.17) is 14.2 Å². The number of esters is 3. The third kappa shape index (κ3) is 66.6. The van der Waals surface area contributed by atoms with Gasteiger partial charge in [0.05, 0.1) is 0 Å². The maximum absolute atomic E-state index is 13.0. The molecule has 0 aromatic heterocycles. The van der Waals surface area contributed by atoms with E-state index in [1.165, 1.54) is 302 Å². The van der Waals surface area contributed by atoms with Crippen molar-refractivity contribution in [3.8, 4) is 0 Å². The van der Waals surface area contributed by atoms with E-state index in [-0.39, 0.29) is 31.1 Å². The smallest absolute Gasteiger partial charge is 0.306 e. The molecule has 0 radical (unpaired) electrons. The van der Waals surface area contributed by atoms with E-state index in [1.54, 1.807) is 0 Å². The first kappa shape index (κ1) is 76.9. The molecule has 0 saturated heterocycles. The zero-order valence-electron chi connectivity index (χ0n) is 53.7. The Kier molecular flexibility index (Phi) is 66.6. The molecule has 0 amide bonds. The quantitative estimate of drug-likeness (QED) is 0.0261. The van der Waals surface area contributed by atoms with Crippen LogP contribution in [0.15, 0.2) is 24.3 Å². The van der Waals surface area contributed by atoms with Gasteiger partial charge in [-0.25, -0.2) is 0 Å². The Morgan fingerprint density at radius 3 is 0.722 bits per heavy atom. The lowest BCUT2D eigenvalue weighted by Gasteiger charge is -2.18. The number of carbonyl (C=O) groups is 3. The number of rotatable bonds is 67. The van der Waals surface area contributed by atoms with Crippen molar-refractivity contribution in [2.75, 3.05) is 13.2 Å². The van der Waals surface area contributed by atoms with Crippen LogP contribution in [0.2, 0.25) is 0 Å². The lowest BCUT2D eigenvalue weighted by atomic mass is 10.0. The van der Waals surface area contributed by atoms with Gasteiger partial charge in [-0.2, -0.15) is 0 Å². The molecule has 466 valence electrons. The van der Waals surface area contributed by atoms with Crippen molar-refractivity contribution in [1.82, 2.24) is 0 Å². The maximum atomic E-state index is 13.0. The molecule has 0 saturated carbocycles. The molecule has 1 atom stereocenters. The Morgan fingerprint density at radius 2 is 0.456 bits per heavy atom. The first-order chi connectivity index (χ1) is 39.0. The van der Waals surface area contributed by atoms with Crippen LogP contribution in [-0.2, 0) is 28.6 Å². The predicted octanol–water partition coefficient (Wildman–Crippen LogP) is 24.6. The van der Waals surface area contributed by atoms with E-state index in [1.807, 2.05) is 0 Å². The molecular weight excluding hydrogens is 973 g/mol. The standard InChI is InChI=1S/C73H138O6/c1-4-7-10-13-16-19-22-25-28-31-34-35-36-37-40-42-45-48-51-54-57-60-63-66-72(75)78-69-70(79-73(76)67-64-61-58-55-52-49-46-43-39-33-30-27-24-21-18-15-12-9-6-3)68-77-71(74)65-62-59-56-53-50-47-44-41-38-32-29-26-23-20-17-14-11-8-5-2/h18,21,27,30,70H,4-17,19-20,22-26,28-29,31-69H2,1-3H3/b21-18-,30-27-. The molecule has 0 aliphatic carbocycles. The number of ether oxygens (including phenoxy) is 3. The van der Waals surface area contributed by atoms with E-state index >= 15 is 0 Å². The number of unbranched alkanes of at least 4 members (excludes halogenated alkanes) is 52. The second-order valence-corrected chi connectivity index (χ2v) is 24.5. The Morgan fingerprint density at radius 1 is 0.253 bits per heavy atom. The van der Waals surface area contributed by atoms with Crippen LogP contribution in [-0.4, -0.2) is 37.2 Å². The largest absolute Gasteiger partial charge is 0.462 e. The van der Waals surface area contributed by atoms with Crippen molar-refractivity contribution in [3.05, 3.63) is 24.3 Å². The fraction of sp³-hybridized carbons (Fsp3) is 0.904. The summed E-state index contributed by atoms with van der Waals surface area (Å²) in [6.07, 6.45) is 83.4. The Labute approximate surface area is 493 Å². The van der Waals surface area contributed by atoms with Gasteiger partial charge in [0, 0.05) is 19.3 Å².